The second-order valence-corrected chi connectivity index (χ2v) is 8.81. The van der Waals surface area contributed by atoms with Gasteiger partial charge >= 0.3 is 6.18 Å². The first-order valence-electron chi connectivity index (χ1n) is 9.08. The zero-order valence-electron chi connectivity index (χ0n) is 16.2. The fourth-order valence-electron chi connectivity index (χ4n) is 3.32. The Balaban J connectivity index is 1.72. The summed E-state index contributed by atoms with van der Waals surface area (Å²) in [4.78, 5) is 11.3. The van der Waals surface area contributed by atoms with Crippen molar-refractivity contribution in [2.45, 2.75) is 24.0 Å². The standard InChI is InChI=1S/C20H18F4N4S2/c1-28-4-3-11-5-15(21)16(6-12(11)9-28)26-19-25-8-14(20(22,23)24)18(27-19)17-7-13(29-2)10-30-17/h5-8,10H,3-4,9H2,1-2H3,(H,25,26,27). The molecule has 10 heteroatoms. The molecule has 0 unspecified atom stereocenters. The molecule has 0 bridgehead atoms. The van der Waals surface area contributed by atoms with E-state index >= 15 is 0 Å². The number of nitrogens with zero attached hydrogens (tertiary/aromatic N) is 3. The molecule has 1 aliphatic heterocycles. The van der Waals surface area contributed by atoms with Crippen molar-refractivity contribution < 1.29 is 17.6 Å². The summed E-state index contributed by atoms with van der Waals surface area (Å²) in [5.41, 5.74) is 0.917. The predicted octanol–water partition coefficient (Wildman–Crippen LogP) is 5.82. The van der Waals surface area contributed by atoms with Crippen LogP contribution < -0.4 is 5.32 Å². The third-order valence-corrected chi connectivity index (χ3v) is 6.67. The maximum atomic E-state index is 14.6. The van der Waals surface area contributed by atoms with Gasteiger partial charge in [-0.15, -0.1) is 23.1 Å². The van der Waals surface area contributed by atoms with Crippen LogP contribution >= 0.6 is 23.1 Å². The summed E-state index contributed by atoms with van der Waals surface area (Å²) in [5, 5.41) is 4.54. The molecule has 0 spiro atoms. The second kappa shape index (κ2) is 8.16. The van der Waals surface area contributed by atoms with Crippen molar-refractivity contribution in [3.63, 3.8) is 0 Å². The molecule has 1 aliphatic rings. The van der Waals surface area contributed by atoms with E-state index in [1.807, 2.05) is 13.3 Å². The number of anilines is 2. The van der Waals surface area contributed by atoms with E-state index in [0.717, 1.165) is 35.2 Å². The topological polar surface area (TPSA) is 41.1 Å². The quantitative estimate of drug-likeness (QED) is 0.398. The van der Waals surface area contributed by atoms with Crippen molar-refractivity contribution in [2.75, 3.05) is 25.2 Å². The number of hydrogen-bond donors (Lipinski definition) is 1. The molecule has 0 amide bonds. The molecule has 158 valence electrons. The van der Waals surface area contributed by atoms with Gasteiger partial charge in [0.1, 0.15) is 11.4 Å². The van der Waals surface area contributed by atoms with Crippen LogP contribution in [0.4, 0.5) is 29.2 Å². The lowest BCUT2D eigenvalue weighted by molar-refractivity contribution is -0.137. The molecule has 0 aliphatic carbocycles. The van der Waals surface area contributed by atoms with E-state index in [1.54, 1.807) is 17.5 Å². The van der Waals surface area contributed by atoms with E-state index in [1.165, 1.54) is 29.2 Å². The number of rotatable bonds is 4. The van der Waals surface area contributed by atoms with Crippen LogP contribution in [0.25, 0.3) is 10.6 Å². The minimum absolute atomic E-state index is 0.0832. The fraction of sp³-hybridized carbons (Fsp3) is 0.300. The van der Waals surface area contributed by atoms with Crippen LogP contribution in [0.15, 0.2) is 34.7 Å². The number of nitrogens with one attached hydrogen (secondary N) is 1. The number of benzene rings is 1. The van der Waals surface area contributed by atoms with Gasteiger partial charge in [0.05, 0.1) is 16.3 Å². The maximum Gasteiger partial charge on any atom is 0.420 e. The van der Waals surface area contributed by atoms with Crippen molar-refractivity contribution in [2.24, 2.45) is 0 Å². The zero-order chi connectivity index (χ0) is 21.5. The van der Waals surface area contributed by atoms with E-state index in [4.69, 9.17) is 0 Å². The summed E-state index contributed by atoms with van der Waals surface area (Å²) >= 11 is 2.61. The molecule has 2 aromatic heterocycles. The van der Waals surface area contributed by atoms with Crippen LogP contribution in [-0.2, 0) is 19.1 Å². The van der Waals surface area contributed by atoms with E-state index in [-0.39, 0.29) is 17.3 Å². The number of fused-ring (bicyclic) bond motifs is 1. The largest absolute Gasteiger partial charge is 0.420 e. The molecule has 1 aromatic carbocycles. The van der Waals surface area contributed by atoms with Gasteiger partial charge in [-0.3, -0.25) is 0 Å². The van der Waals surface area contributed by atoms with Crippen molar-refractivity contribution in [1.29, 1.82) is 0 Å². The lowest BCUT2D eigenvalue weighted by atomic mass is 9.99. The van der Waals surface area contributed by atoms with E-state index in [0.29, 0.717) is 11.4 Å². The number of aromatic nitrogens is 2. The molecule has 4 rings (SSSR count). The van der Waals surface area contributed by atoms with Crippen molar-refractivity contribution >= 4 is 34.7 Å². The monoisotopic (exact) mass is 454 g/mol. The Morgan fingerprint density at radius 1 is 1.20 bits per heavy atom. The number of thioether (sulfide) groups is 1. The Labute approximate surface area is 179 Å². The summed E-state index contributed by atoms with van der Waals surface area (Å²) in [6.07, 6.45) is -1.26. The van der Waals surface area contributed by atoms with E-state index in [9.17, 15) is 17.6 Å². The maximum absolute atomic E-state index is 14.6. The van der Waals surface area contributed by atoms with Crippen LogP contribution in [-0.4, -0.2) is 34.7 Å². The number of alkyl halides is 3. The fourth-order valence-corrected chi connectivity index (χ4v) is 4.94. The Bertz CT molecular complexity index is 1080. The zero-order valence-corrected chi connectivity index (χ0v) is 17.8. The minimum atomic E-state index is -4.60. The van der Waals surface area contributed by atoms with Gasteiger partial charge in [-0.25, -0.2) is 14.4 Å². The molecule has 4 nitrogen and oxygen atoms in total. The van der Waals surface area contributed by atoms with Gasteiger partial charge < -0.3 is 10.2 Å². The van der Waals surface area contributed by atoms with Crippen LogP contribution in [0.2, 0.25) is 0 Å². The molecule has 0 radical (unpaired) electrons. The SMILES string of the molecule is CSc1csc(-c2nc(Nc3cc4c(cc3F)CCN(C)C4)ncc2C(F)(F)F)c1. The summed E-state index contributed by atoms with van der Waals surface area (Å²) in [6, 6.07) is 4.81. The Morgan fingerprint density at radius 3 is 2.70 bits per heavy atom. The van der Waals surface area contributed by atoms with Crippen LogP contribution in [0, 0.1) is 5.82 Å². The molecular weight excluding hydrogens is 436 g/mol. The predicted molar refractivity (Wildman–Crippen MR) is 112 cm³/mol. The lowest BCUT2D eigenvalue weighted by Crippen LogP contribution is -2.26. The smallest absolute Gasteiger partial charge is 0.322 e. The minimum Gasteiger partial charge on any atom is -0.322 e. The molecule has 0 atom stereocenters. The highest BCUT2D eigenvalue weighted by molar-refractivity contribution is 7.98. The average molecular weight is 455 g/mol. The molecule has 30 heavy (non-hydrogen) atoms. The Kier molecular flexibility index (Phi) is 5.73. The van der Waals surface area contributed by atoms with E-state index < -0.39 is 17.6 Å². The first-order valence-corrected chi connectivity index (χ1v) is 11.2. The van der Waals surface area contributed by atoms with Crippen LogP contribution in [0.3, 0.4) is 0 Å². The first kappa shape index (κ1) is 21.1. The highest BCUT2D eigenvalue weighted by Crippen LogP contribution is 2.39. The summed E-state index contributed by atoms with van der Waals surface area (Å²) in [7, 11) is 1.98. The first-order chi connectivity index (χ1) is 14.2. The summed E-state index contributed by atoms with van der Waals surface area (Å²) < 4.78 is 55.1. The van der Waals surface area contributed by atoms with Crippen molar-refractivity contribution in [3.05, 3.63) is 52.3 Å². The normalized spacial score (nSPS) is 14.6. The van der Waals surface area contributed by atoms with Gasteiger partial charge in [0.25, 0.3) is 0 Å². The number of halogens is 4. The van der Waals surface area contributed by atoms with Gasteiger partial charge in [0.15, 0.2) is 0 Å². The van der Waals surface area contributed by atoms with Crippen molar-refractivity contribution in [3.8, 4) is 10.6 Å². The second-order valence-electron chi connectivity index (χ2n) is 7.02. The molecule has 0 saturated heterocycles. The van der Waals surface area contributed by atoms with E-state index in [2.05, 4.69) is 20.2 Å². The number of thiophene rings is 1. The molecule has 0 saturated carbocycles. The molecular formula is C20H18F4N4S2. The highest BCUT2D eigenvalue weighted by Gasteiger charge is 2.36. The Morgan fingerprint density at radius 2 is 2.00 bits per heavy atom. The van der Waals surface area contributed by atoms with Gasteiger partial charge in [-0.1, -0.05) is 0 Å². The van der Waals surface area contributed by atoms with Gasteiger partial charge in [-0.2, -0.15) is 13.2 Å². The number of hydrogen-bond acceptors (Lipinski definition) is 6. The number of likely N-dealkylation sites (N-methyl/N-ethyl adjacent to an activating group) is 1. The van der Waals surface area contributed by atoms with Gasteiger partial charge in [0.2, 0.25) is 5.95 Å². The molecule has 3 aromatic rings. The average Bonchev–Trinajstić information content (AvgIpc) is 3.17. The van der Waals surface area contributed by atoms with Gasteiger partial charge in [-0.05, 0) is 49.1 Å². The van der Waals surface area contributed by atoms with Gasteiger partial charge in [0, 0.05) is 29.6 Å². The third kappa shape index (κ3) is 4.30. The summed E-state index contributed by atoms with van der Waals surface area (Å²) in [5.74, 6) is -0.566. The summed E-state index contributed by atoms with van der Waals surface area (Å²) in [6.45, 7) is 1.53. The Hall–Kier alpha value is -2.17. The molecule has 3 heterocycles. The van der Waals surface area contributed by atoms with Crippen LogP contribution in [0.1, 0.15) is 16.7 Å². The highest BCUT2D eigenvalue weighted by atomic mass is 32.2. The molecule has 0 fully saturated rings. The van der Waals surface area contributed by atoms with Crippen molar-refractivity contribution in [1.82, 2.24) is 14.9 Å². The third-order valence-electron chi connectivity index (χ3n) is 4.88. The molecule has 1 N–H and O–H groups in total. The lowest BCUT2D eigenvalue weighted by Gasteiger charge is -2.25. The van der Waals surface area contributed by atoms with Crippen LogP contribution in [0.5, 0.6) is 0 Å².